The first-order chi connectivity index (χ1) is 5.75. The Bertz CT molecular complexity index is 129. The fourth-order valence-corrected chi connectivity index (χ4v) is 2.59. The largest absolute Gasteiger partial charge is 0.103 e. The van der Waals surface area contributed by atoms with Crippen molar-refractivity contribution in [2.75, 3.05) is 0 Å². The molecule has 0 spiro atoms. The van der Waals surface area contributed by atoms with Crippen molar-refractivity contribution in [3.05, 3.63) is 12.7 Å². The maximum atomic E-state index is 3.85. The van der Waals surface area contributed by atoms with Crippen molar-refractivity contribution in [2.45, 2.75) is 53.4 Å². The second-order valence-electron chi connectivity index (χ2n) is 4.48. The average molecular weight is 182 g/mol. The number of allylic oxidation sites excluding steroid dienone is 1. The Balaban J connectivity index is 0.00000144. The monoisotopic (exact) mass is 182 g/mol. The molecule has 0 heterocycles. The van der Waals surface area contributed by atoms with Gasteiger partial charge in [0.2, 0.25) is 0 Å². The quantitative estimate of drug-likeness (QED) is 0.555. The predicted molar refractivity (Wildman–Crippen MR) is 61.8 cm³/mol. The van der Waals surface area contributed by atoms with E-state index in [4.69, 9.17) is 0 Å². The van der Waals surface area contributed by atoms with Gasteiger partial charge < -0.3 is 0 Å². The lowest BCUT2D eigenvalue weighted by Gasteiger charge is -2.25. The van der Waals surface area contributed by atoms with Crippen LogP contribution in [0.25, 0.3) is 0 Å². The van der Waals surface area contributed by atoms with Crippen LogP contribution >= 0.6 is 0 Å². The van der Waals surface area contributed by atoms with Crippen LogP contribution in [0.4, 0.5) is 0 Å². The van der Waals surface area contributed by atoms with Crippen molar-refractivity contribution in [1.29, 1.82) is 0 Å². The van der Waals surface area contributed by atoms with Gasteiger partial charge in [-0.25, -0.2) is 0 Å². The summed E-state index contributed by atoms with van der Waals surface area (Å²) in [5, 5.41) is 0. The molecule has 0 aromatic carbocycles. The van der Waals surface area contributed by atoms with E-state index < -0.39 is 0 Å². The van der Waals surface area contributed by atoms with Crippen LogP contribution in [0.5, 0.6) is 0 Å². The third-order valence-corrected chi connectivity index (χ3v) is 3.30. The van der Waals surface area contributed by atoms with Gasteiger partial charge in [-0.3, -0.25) is 0 Å². The molecule has 1 rings (SSSR count). The third-order valence-electron chi connectivity index (χ3n) is 3.30. The lowest BCUT2D eigenvalue weighted by atomic mass is 9.80. The maximum Gasteiger partial charge on any atom is -0.0320 e. The number of rotatable bonds is 4. The molecule has 0 aliphatic heterocycles. The van der Waals surface area contributed by atoms with Crippen LogP contribution in [0.15, 0.2) is 12.7 Å². The molecular formula is C13H26. The standard InChI is InChI=1S/C12H22.CH4/c1-4-7-12(10(2)3)11-8-5-6-9-11;/h4,10-12H,1,5-9H2,2-3H3;1H4/t12-;/m0./s1. The molecule has 0 heteroatoms. The van der Waals surface area contributed by atoms with E-state index in [-0.39, 0.29) is 7.43 Å². The summed E-state index contributed by atoms with van der Waals surface area (Å²) >= 11 is 0. The van der Waals surface area contributed by atoms with Crippen LogP contribution in [0, 0.1) is 17.8 Å². The average Bonchev–Trinajstić information content (AvgIpc) is 2.51. The summed E-state index contributed by atoms with van der Waals surface area (Å²) in [6.45, 7) is 8.56. The summed E-state index contributed by atoms with van der Waals surface area (Å²) in [7, 11) is 0. The zero-order chi connectivity index (χ0) is 8.97. The molecule has 1 fully saturated rings. The van der Waals surface area contributed by atoms with E-state index in [1.807, 2.05) is 0 Å². The van der Waals surface area contributed by atoms with Gasteiger partial charge in [-0.15, -0.1) is 6.58 Å². The predicted octanol–water partition coefficient (Wildman–Crippen LogP) is 4.66. The minimum absolute atomic E-state index is 0. The molecule has 1 aliphatic rings. The molecule has 0 aromatic rings. The van der Waals surface area contributed by atoms with E-state index in [1.54, 1.807) is 0 Å². The maximum absolute atomic E-state index is 3.85. The molecule has 0 nitrogen and oxygen atoms in total. The molecule has 0 N–H and O–H groups in total. The van der Waals surface area contributed by atoms with Gasteiger partial charge in [0.1, 0.15) is 0 Å². The van der Waals surface area contributed by atoms with Gasteiger partial charge in [0.15, 0.2) is 0 Å². The molecule has 1 aliphatic carbocycles. The molecule has 1 atom stereocenters. The first-order valence-corrected chi connectivity index (χ1v) is 5.36. The van der Waals surface area contributed by atoms with E-state index in [0.29, 0.717) is 0 Å². The lowest BCUT2D eigenvalue weighted by Crippen LogP contribution is -2.17. The molecular weight excluding hydrogens is 156 g/mol. The number of hydrogen-bond donors (Lipinski definition) is 0. The molecule has 0 bridgehead atoms. The Morgan fingerprint density at radius 2 is 1.85 bits per heavy atom. The highest BCUT2D eigenvalue weighted by Gasteiger charge is 2.25. The van der Waals surface area contributed by atoms with Gasteiger partial charge in [0.25, 0.3) is 0 Å². The van der Waals surface area contributed by atoms with Crippen molar-refractivity contribution in [2.24, 2.45) is 17.8 Å². The lowest BCUT2D eigenvalue weighted by molar-refractivity contribution is 0.259. The molecule has 0 aromatic heterocycles. The number of hydrogen-bond acceptors (Lipinski definition) is 0. The zero-order valence-electron chi connectivity index (χ0n) is 8.55. The van der Waals surface area contributed by atoms with E-state index in [9.17, 15) is 0 Å². The SMILES string of the molecule is C.C=CC[C@@H](C(C)C)C1CCCC1. The summed E-state index contributed by atoms with van der Waals surface area (Å²) in [6, 6.07) is 0. The highest BCUT2D eigenvalue weighted by Crippen LogP contribution is 2.37. The Kier molecular flexibility index (Phi) is 6.11. The third kappa shape index (κ3) is 3.54. The molecule has 78 valence electrons. The molecule has 0 unspecified atom stereocenters. The Morgan fingerprint density at radius 1 is 1.31 bits per heavy atom. The smallest absolute Gasteiger partial charge is 0.0320 e. The van der Waals surface area contributed by atoms with Crippen molar-refractivity contribution in [1.82, 2.24) is 0 Å². The normalized spacial score (nSPS) is 19.9. The summed E-state index contributed by atoms with van der Waals surface area (Å²) in [5.41, 5.74) is 0. The van der Waals surface area contributed by atoms with Gasteiger partial charge >= 0.3 is 0 Å². The Labute approximate surface area is 84.4 Å². The van der Waals surface area contributed by atoms with E-state index in [1.165, 1.54) is 32.1 Å². The molecule has 0 radical (unpaired) electrons. The van der Waals surface area contributed by atoms with Gasteiger partial charge in [0.05, 0.1) is 0 Å². The first kappa shape index (κ1) is 12.7. The second-order valence-corrected chi connectivity index (χ2v) is 4.48. The first-order valence-electron chi connectivity index (χ1n) is 5.36. The van der Waals surface area contributed by atoms with Crippen LogP contribution < -0.4 is 0 Å². The van der Waals surface area contributed by atoms with Gasteiger partial charge in [-0.1, -0.05) is 53.0 Å². The van der Waals surface area contributed by atoms with Crippen molar-refractivity contribution in [3.8, 4) is 0 Å². The van der Waals surface area contributed by atoms with Gasteiger partial charge in [0, 0.05) is 0 Å². The molecule has 1 saturated carbocycles. The van der Waals surface area contributed by atoms with Crippen LogP contribution in [0.1, 0.15) is 53.4 Å². The van der Waals surface area contributed by atoms with Gasteiger partial charge in [-0.2, -0.15) is 0 Å². The van der Waals surface area contributed by atoms with Crippen LogP contribution in [0.3, 0.4) is 0 Å². The zero-order valence-corrected chi connectivity index (χ0v) is 8.55. The molecule has 0 saturated heterocycles. The summed E-state index contributed by atoms with van der Waals surface area (Å²) in [4.78, 5) is 0. The van der Waals surface area contributed by atoms with Crippen LogP contribution in [-0.4, -0.2) is 0 Å². The van der Waals surface area contributed by atoms with Crippen LogP contribution in [-0.2, 0) is 0 Å². The summed E-state index contributed by atoms with van der Waals surface area (Å²) in [6.07, 6.45) is 9.19. The minimum atomic E-state index is 0. The van der Waals surface area contributed by atoms with Gasteiger partial charge in [-0.05, 0) is 24.2 Å². The van der Waals surface area contributed by atoms with E-state index in [0.717, 1.165) is 17.8 Å². The highest BCUT2D eigenvalue weighted by atomic mass is 14.3. The van der Waals surface area contributed by atoms with E-state index in [2.05, 4.69) is 26.5 Å². The Hall–Kier alpha value is -0.260. The topological polar surface area (TPSA) is 0 Å². The fourth-order valence-electron chi connectivity index (χ4n) is 2.59. The Morgan fingerprint density at radius 3 is 2.23 bits per heavy atom. The van der Waals surface area contributed by atoms with Crippen molar-refractivity contribution in [3.63, 3.8) is 0 Å². The second kappa shape index (κ2) is 6.23. The van der Waals surface area contributed by atoms with E-state index >= 15 is 0 Å². The summed E-state index contributed by atoms with van der Waals surface area (Å²) in [5.74, 6) is 2.75. The highest BCUT2D eigenvalue weighted by molar-refractivity contribution is 4.82. The molecule has 0 amide bonds. The minimum Gasteiger partial charge on any atom is -0.103 e. The molecule has 13 heavy (non-hydrogen) atoms. The van der Waals surface area contributed by atoms with Crippen molar-refractivity contribution >= 4 is 0 Å². The van der Waals surface area contributed by atoms with Crippen molar-refractivity contribution < 1.29 is 0 Å². The van der Waals surface area contributed by atoms with Crippen LogP contribution in [0.2, 0.25) is 0 Å². The summed E-state index contributed by atoms with van der Waals surface area (Å²) < 4.78 is 0. The fraction of sp³-hybridized carbons (Fsp3) is 0.846.